The van der Waals surface area contributed by atoms with Crippen LogP contribution >= 0.6 is 0 Å². The Morgan fingerprint density at radius 3 is 2.39 bits per heavy atom. The molecule has 1 saturated heterocycles. The maximum atomic E-state index is 13.7. The molecule has 2 heterocycles. The Labute approximate surface area is 240 Å². The van der Waals surface area contributed by atoms with Crippen LogP contribution in [-0.4, -0.2) is 102 Å². The average molecular weight is 564 g/mol. The van der Waals surface area contributed by atoms with Crippen LogP contribution in [0.4, 0.5) is 5.69 Å². The van der Waals surface area contributed by atoms with Crippen LogP contribution in [0.2, 0.25) is 0 Å². The smallest absolute Gasteiger partial charge is 0.269 e. The second-order valence-corrected chi connectivity index (χ2v) is 9.91. The number of hydrogen-bond donors (Lipinski definition) is 0. The first-order valence-corrected chi connectivity index (χ1v) is 13.7. The molecular weight excluding hydrogens is 526 g/mol. The van der Waals surface area contributed by atoms with Crippen molar-refractivity contribution in [2.75, 3.05) is 66.2 Å². The van der Waals surface area contributed by atoms with Gasteiger partial charge in [-0.05, 0) is 29.8 Å². The molecule has 218 valence electrons. The minimum atomic E-state index is -0.505. The highest BCUT2D eigenvalue weighted by Gasteiger charge is 2.25. The summed E-state index contributed by atoms with van der Waals surface area (Å²) in [5.41, 5.74) is 2.33. The predicted octanol–water partition coefficient (Wildman–Crippen LogP) is 2.89. The van der Waals surface area contributed by atoms with Gasteiger partial charge in [0.25, 0.3) is 11.6 Å². The van der Waals surface area contributed by atoms with E-state index in [4.69, 9.17) is 9.47 Å². The fourth-order valence-electron chi connectivity index (χ4n) is 4.73. The maximum Gasteiger partial charge on any atom is 0.269 e. The lowest BCUT2D eigenvalue weighted by molar-refractivity contribution is -0.384. The van der Waals surface area contributed by atoms with Gasteiger partial charge in [0.2, 0.25) is 5.91 Å². The number of rotatable bonds is 14. The normalized spacial score (nSPS) is 13.6. The molecule has 0 atom stereocenters. The van der Waals surface area contributed by atoms with Gasteiger partial charge in [0.15, 0.2) is 0 Å². The van der Waals surface area contributed by atoms with Crippen molar-refractivity contribution < 1.29 is 24.0 Å². The lowest BCUT2D eigenvalue weighted by Gasteiger charge is -2.31. The average Bonchev–Trinajstić information content (AvgIpc) is 3.44. The molecule has 0 spiro atoms. The van der Waals surface area contributed by atoms with Crippen LogP contribution < -0.4 is 0 Å². The van der Waals surface area contributed by atoms with Gasteiger partial charge in [-0.25, -0.2) is 0 Å². The summed E-state index contributed by atoms with van der Waals surface area (Å²) in [6, 6.07) is 19.5. The fourth-order valence-corrected chi connectivity index (χ4v) is 4.73. The molecule has 0 saturated carbocycles. The molecule has 11 nitrogen and oxygen atoms in total. The second kappa shape index (κ2) is 15.1. The van der Waals surface area contributed by atoms with Gasteiger partial charge in [0.05, 0.1) is 31.3 Å². The zero-order chi connectivity index (χ0) is 29.0. The van der Waals surface area contributed by atoms with E-state index in [9.17, 15) is 19.7 Å². The number of aromatic nitrogens is 1. The monoisotopic (exact) mass is 563 g/mol. The molecule has 4 rings (SSSR count). The Kier molecular flexibility index (Phi) is 11.0. The molecule has 0 radical (unpaired) electrons. The molecule has 1 aromatic heterocycles. The van der Waals surface area contributed by atoms with Crippen molar-refractivity contribution in [2.24, 2.45) is 0 Å². The molecule has 0 unspecified atom stereocenters. The van der Waals surface area contributed by atoms with Crippen molar-refractivity contribution in [2.45, 2.75) is 13.1 Å². The molecule has 0 bridgehead atoms. The summed E-state index contributed by atoms with van der Waals surface area (Å²) in [5.74, 6) is -0.549. The van der Waals surface area contributed by atoms with Crippen molar-refractivity contribution in [1.82, 2.24) is 19.3 Å². The van der Waals surface area contributed by atoms with E-state index in [2.05, 4.69) is 21.6 Å². The number of nitro benzene ring substituents is 1. The van der Waals surface area contributed by atoms with Gasteiger partial charge in [-0.15, -0.1) is 0 Å². The first-order chi connectivity index (χ1) is 19.9. The number of nitrogens with zero attached hydrogens (tertiary/aromatic N) is 5. The molecule has 41 heavy (non-hydrogen) atoms. The number of nitro groups is 1. The molecule has 2 amide bonds. The van der Waals surface area contributed by atoms with Gasteiger partial charge in [-0.3, -0.25) is 24.6 Å². The van der Waals surface area contributed by atoms with E-state index in [0.717, 1.165) is 24.3 Å². The molecule has 3 aromatic rings. The van der Waals surface area contributed by atoms with Gasteiger partial charge >= 0.3 is 0 Å². The van der Waals surface area contributed by atoms with Gasteiger partial charge in [0, 0.05) is 76.0 Å². The highest BCUT2D eigenvalue weighted by molar-refractivity contribution is 5.96. The summed E-state index contributed by atoms with van der Waals surface area (Å²) >= 11 is 0. The quantitative estimate of drug-likeness (QED) is 0.219. The van der Waals surface area contributed by atoms with Crippen molar-refractivity contribution in [3.63, 3.8) is 0 Å². The lowest BCUT2D eigenvalue weighted by atomic mass is 10.1. The Hall–Kier alpha value is -4.06. The molecule has 0 aliphatic carbocycles. The number of carbonyl (C=O) groups is 2. The summed E-state index contributed by atoms with van der Waals surface area (Å²) in [7, 11) is 1.59. The lowest BCUT2D eigenvalue weighted by Crippen LogP contribution is -2.47. The van der Waals surface area contributed by atoms with E-state index in [1.54, 1.807) is 12.0 Å². The number of carbonyl (C=O) groups excluding carboxylic acids is 2. The third kappa shape index (κ3) is 8.71. The van der Waals surface area contributed by atoms with Crippen molar-refractivity contribution in [1.29, 1.82) is 0 Å². The molecule has 1 aliphatic heterocycles. The maximum absolute atomic E-state index is 13.7. The van der Waals surface area contributed by atoms with E-state index in [-0.39, 0.29) is 24.0 Å². The van der Waals surface area contributed by atoms with Crippen LogP contribution in [0, 0.1) is 10.1 Å². The minimum Gasteiger partial charge on any atom is -0.383 e. The van der Waals surface area contributed by atoms with Gasteiger partial charge in [-0.2, -0.15) is 0 Å². The third-order valence-electron chi connectivity index (χ3n) is 7.12. The highest BCUT2D eigenvalue weighted by atomic mass is 16.6. The Bertz CT molecular complexity index is 1270. The van der Waals surface area contributed by atoms with Gasteiger partial charge < -0.3 is 23.8 Å². The fraction of sp³-hybridized carbons (Fsp3) is 0.400. The summed E-state index contributed by atoms with van der Waals surface area (Å²) in [4.78, 5) is 43.3. The van der Waals surface area contributed by atoms with E-state index in [1.165, 1.54) is 29.2 Å². The highest BCUT2D eigenvalue weighted by Crippen LogP contribution is 2.15. The van der Waals surface area contributed by atoms with Crippen LogP contribution in [0.1, 0.15) is 21.6 Å². The Balaban J connectivity index is 1.50. The van der Waals surface area contributed by atoms with Gasteiger partial charge in [-0.1, -0.05) is 30.3 Å². The number of hydrogen-bond acceptors (Lipinski definition) is 7. The van der Waals surface area contributed by atoms with Crippen LogP contribution in [-0.2, 0) is 27.4 Å². The number of non-ortho nitro benzene ring substituents is 1. The Morgan fingerprint density at radius 2 is 1.71 bits per heavy atom. The minimum absolute atomic E-state index is 0.0956. The molecule has 1 aliphatic rings. The van der Waals surface area contributed by atoms with Gasteiger partial charge in [0.1, 0.15) is 6.54 Å². The summed E-state index contributed by atoms with van der Waals surface area (Å²) in [6.45, 7) is 5.35. The third-order valence-corrected chi connectivity index (χ3v) is 7.12. The standard InChI is InChI=1S/C30H37N5O6/c1-40-19-18-33(23-28-8-5-13-32(28)22-25-6-3-2-4-7-25)29(36)24-34(15-14-31-16-20-41-21-17-31)30(37)26-9-11-27(12-10-26)35(38)39/h2-13H,14-24H2,1H3. The zero-order valence-corrected chi connectivity index (χ0v) is 23.4. The number of benzene rings is 2. The van der Waals surface area contributed by atoms with E-state index >= 15 is 0 Å². The van der Waals surface area contributed by atoms with E-state index in [1.807, 2.05) is 36.5 Å². The van der Waals surface area contributed by atoms with Crippen molar-refractivity contribution in [3.8, 4) is 0 Å². The topological polar surface area (TPSA) is 110 Å². The first kappa shape index (κ1) is 29.9. The summed E-state index contributed by atoms with van der Waals surface area (Å²) < 4.78 is 12.8. The van der Waals surface area contributed by atoms with Crippen molar-refractivity contribution in [3.05, 3.63) is 99.9 Å². The molecule has 2 aromatic carbocycles. The Morgan fingerprint density at radius 1 is 0.976 bits per heavy atom. The van der Waals surface area contributed by atoms with Crippen LogP contribution in [0.15, 0.2) is 72.9 Å². The van der Waals surface area contributed by atoms with Crippen LogP contribution in [0.5, 0.6) is 0 Å². The number of methoxy groups -OCH3 is 1. The van der Waals surface area contributed by atoms with E-state index < -0.39 is 4.92 Å². The van der Waals surface area contributed by atoms with Crippen LogP contribution in [0.3, 0.4) is 0 Å². The molecule has 11 heteroatoms. The number of amides is 2. The SMILES string of the molecule is COCCN(Cc1cccn1Cc1ccccc1)C(=O)CN(CCN1CCOCC1)C(=O)c1ccc([N+](=O)[O-])cc1. The first-order valence-electron chi connectivity index (χ1n) is 13.7. The molecule has 0 N–H and O–H groups in total. The predicted molar refractivity (Wildman–Crippen MR) is 154 cm³/mol. The summed E-state index contributed by atoms with van der Waals surface area (Å²) in [6.07, 6.45) is 1.99. The molecular formula is C30H37N5O6. The molecule has 1 fully saturated rings. The van der Waals surface area contributed by atoms with Crippen LogP contribution in [0.25, 0.3) is 0 Å². The van der Waals surface area contributed by atoms with E-state index in [0.29, 0.717) is 58.1 Å². The summed E-state index contributed by atoms with van der Waals surface area (Å²) in [5, 5.41) is 11.1. The van der Waals surface area contributed by atoms with Crippen molar-refractivity contribution >= 4 is 17.5 Å². The number of morpholine rings is 1. The largest absolute Gasteiger partial charge is 0.383 e. The zero-order valence-electron chi connectivity index (χ0n) is 23.4. The number of ether oxygens (including phenoxy) is 2. The second-order valence-electron chi connectivity index (χ2n) is 9.91.